The van der Waals surface area contributed by atoms with Gasteiger partial charge in [-0.05, 0) is 11.8 Å². The Bertz CT molecular complexity index is 323. The van der Waals surface area contributed by atoms with Crippen LogP contribution in [0.3, 0.4) is 0 Å². The molecule has 0 atom stereocenters. The number of hydrogen-bond acceptors (Lipinski definition) is 4. The molecule has 0 fully saturated rings. The first kappa shape index (κ1) is 15.3. The number of hydrogen-bond donors (Lipinski definition) is 3. The van der Waals surface area contributed by atoms with Crippen molar-refractivity contribution in [3.05, 3.63) is 0 Å². The van der Waals surface area contributed by atoms with Gasteiger partial charge >= 0.3 is 5.97 Å². The molecule has 0 radical (unpaired) electrons. The zero-order chi connectivity index (χ0) is 12.8. The van der Waals surface area contributed by atoms with Gasteiger partial charge in [-0.3, -0.25) is 4.79 Å². The Kier molecular flexibility index (Phi) is 5.91. The molecule has 0 aromatic heterocycles. The van der Waals surface area contributed by atoms with Crippen molar-refractivity contribution in [2.24, 2.45) is 5.41 Å². The molecule has 7 heteroatoms. The molecule has 0 aromatic rings. The highest BCUT2D eigenvalue weighted by molar-refractivity contribution is 7.89. The van der Waals surface area contributed by atoms with E-state index in [1.807, 2.05) is 13.8 Å². The third-order valence-corrected chi connectivity index (χ3v) is 3.47. The third-order valence-electron chi connectivity index (χ3n) is 2.14. The molecule has 6 nitrogen and oxygen atoms in total. The van der Waals surface area contributed by atoms with Crippen molar-refractivity contribution < 1.29 is 23.4 Å². The molecule has 0 aromatic carbocycles. The van der Waals surface area contributed by atoms with E-state index in [1.165, 1.54) is 0 Å². The molecule has 0 heterocycles. The molecule has 0 unspecified atom stereocenters. The number of rotatable bonds is 8. The van der Waals surface area contributed by atoms with E-state index in [0.29, 0.717) is 6.42 Å². The van der Waals surface area contributed by atoms with Crippen LogP contribution in [0.15, 0.2) is 0 Å². The minimum absolute atomic E-state index is 0.0101. The maximum Gasteiger partial charge on any atom is 0.304 e. The van der Waals surface area contributed by atoms with Crippen LogP contribution in [0.5, 0.6) is 0 Å². The number of carboxylic acids is 1. The predicted molar refractivity (Wildman–Crippen MR) is 59.5 cm³/mol. The minimum Gasteiger partial charge on any atom is -0.481 e. The Balaban J connectivity index is 4.13. The second kappa shape index (κ2) is 6.17. The molecule has 0 aliphatic rings. The first-order valence-electron chi connectivity index (χ1n) is 4.98. The zero-order valence-corrected chi connectivity index (χ0v) is 10.4. The molecule has 0 rings (SSSR count). The first-order chi connectivity index (χ1) is 7.18. The van der Waals surface area contributed by atoms with E-state index >= 15 is 0 Å². The summed E-state index contributed by atoms with van der Waals surface area (Å²) >= 11 is 0. The van der Waals surface area contributed by atoms with Crippen molar-refractivity contribution in [2.75, 3.05) is 18.9 Å². The van der Waals surface area contributed by atoms with Gasteiger partial charge in [0, 0.05) is 13.2 Å². The largest absolute Gasteiger partial charge is 0.481 e. The lowest BCUT2D eigenvalue weighted by Crippen LogP contribution is -2.36. The van der Waals surface area contributed by atoms with Crippen molar-refractivity contribution in [1.82, 2.24) is 4.72 Å². The number of sulfonamides is 1. The van der Waals surface area contributed by atoms with Crippen LogP contribution in [-0.2, 0) is 14.8 Å². The molecule has 0 aliphatic carbocycles. The van der Waals surface area contributed by atoms with Crippen LogP contribution in [0, 0.1) is 5.41 Å². The molecular formula is C9H19NO5S. The summed E-state index contributed by atoms with van der Waals surface area (Å²) in [6.45, 7) is 3.82. The second-order valence-electron chi connectivity index (χ2n) is 4.42. The minimum atomic E-state index is -3.54. The van der Waals surface area contributed by atoms with Gasteiger partial charge in [-0.2, -0.15) is 0 Å². The maximum absolute atomic E-state index is 11.3. The van der Waals surface area contributed by atoms with Gasteiger partial charge < -0.3 is 10.2 Å². The van der Waals surface area contributed by atoms with Crippen LogP contribution in [-0.4, -0.2) is 43.5 Å². The van der Waals surface area contributed by atoms with Crippen molar-refractivity contribution in [2.45, 2.75) is 26.7 Å². The number of carboxylic acid groups (broad SMARTS) is 1. The van der Waals surface area contributed by atoms with Gasteiger partial charge in [-0.15, -0.1) is 0 Å². The fraction of sp³-hybridized carbons (Fsp3) is 0.889. The fourth-order valence-corrected chi connectivity index (χ4v) is 2.19. The Hall–Kier alpha value is -0.660. The lowest BCUT2D eigenvalue weighted by atomic mass is 9.90. The van der Waals surface area contributed by atoms with E-state index in [0.717, 1.165) is 0 Å². The molecule has 0 saturated carbocycles. The Morgan fingerprint density at radius 1 is 1.38 bits per heavy atom. The van der Waals surface area contributed by atoms with Crippen molar-refractivity contribution in [3.63, 3.8) is 0 Å². The van der Waals surface area contributed by atoms with E-state index in [1.54, 1.807) is 0 Å². The smallest absolute Gasteiger partial charge is 0.304 e. The molecule has 0 aliphatic heterocycles. The van der Waals surface area contributed by atoms with Crippen LogP contribution < -0.4 is 4.72 Å². The summed E-state index contributed by atoms with van der Waals surface area (Å²) < 4.78 is 25.0. The summed E-state index contributed by atoms with van der Waals surface area (Å²) in [6, 6.07) is 0. The normalized spacial score (nSPS) is 12.7. The highest BCUT2D eigenvalue weighted by Crippen LogP contribution is 2.18. The summed E-state index contributed by atoms with van der Waals surface area (Å²) in [6.07, 6.45) is 0.0736. The molecule has 0 amide bonds. The van der Waals surface area contributed by atoms with Gasteiger partial charge in [0.2, 0.25) is 10.0 Å². The number of aliphatic hydroxyl groups is 1. The molecule has 0 bridgehead atoms. The van der Waals surface area contributed by atoms with E-state index in [4.69, 9.17) is 10.2 Å². The Labute approximate surface area is 95.7 Å². The highest BCUT2D eigenvalue weighted by Gasteiger charge is 2.21. The monoisotopic (exact) mass is 253 g/mol. The summed E-state index contributed by atoms with van der Waals surface area (Å²) in [4.78, 5) is 10.2. The van der Waals surface area contributed by atoms with Crippen molar-refractivity contribution in [1.29, 1.82) is 0 Å². The Morgan fingerprint density at radius 3 is 2.38 bits per heavy atom. The maximum atomic E-state index is 11.3. The van der Waals surface area contributed by atoms with E-state index in [9.17, 15) is 13.2 Å². The van der Waals surface area contributed by atoms with E-state index < -0.39 is 28.2 Å². The van der Waals surface area contributed by atoms with Gasteiger partial charge in [0.05, 0.1) is 12.2 Å². The molecule has 3 N–H and O–H groups in total. The van der Waals surface area contributed by atoms with Gasteiger partial charge in [0.25, 0.3) is 0 Å². The summed E-state index contributed by atoms with van der Waals surface area (Å²) in [5.74, 6) is -1.56. The molecule has 0 saturated heterocycles. The van der Waals surface area contributed by atoms with Crippen molar-refractivity contribution >= 4 is 16.0 Å². The lowest BCUT2D eigenvalue weighted by molar-refractivity contribution is -0.136. The predicted octanol–water partition coefficient (Wildman–Crippen LogP) is -0.211. The molecule has 96 valence electrons. The summed E-state index contributed by atoms with van der Waals surface area (Å²) in [5, 5.41) is 17.1. The fourth-order valence-electron chi connectivity index (χ4n) is 0.990. The molecule has 16 heavy (non-hydrogen) atoms. The third kappa shape index (κ3) is 7.61. The number of nitrogens with one attached hydrogen (secondary N) is 1. The number of carbonyl (C=O) groups is 1. The van der Waals surface area contributed by atoms with Crippen LogP contribution >= 0.6 is 0 Å². The van der Waals surface area contributed by atoms with E-state index in [-0.39, 0.29) is 18.6 Å². The van der Waals surface area contributed by atoms with Gasteiger partial charge in [0.1, 0.15) is 0 Å². The summed E-state index contributed by atoms with van der Waals surface area (Å²) in [7, 11) is -3.54. The second-order valence-corrected chi connectivity index (χ2v) is 6.35. The quantitative estimate of drug-likeness (QED) is 0.555. The highest BCUT2D eigenvalue weighted by atomic mass is 32.2. The lowest BCUT2D eigenvalue weighted by Gasteiger charge is -2.23. The van der Waals surface area contributed by atoms with Gasteiger partial charge in [-0.25, -0.2) is 13.1 Å². The average Bonchev–Trinajstić information content (AvgIpc) is 2.13. The number of aliphatic hydroxyl groups excluding tert-OH is 1. The number of aliphatic carboxylic acids is 1. The van der Waals surface area contributed by atoms with Crippen molar-refractivity contribution in [3.8, 4) is 0 Å². The Morgan fingerprint density at radius 2 is 1.94 bits per heavy atom. The van der Waals surface area contributed by atoms with Crippen LogP contribution in [0.1, 0.15) is 26.7 Å². The zero-order valence-electron chi connectivity index (χ0n) is 9.56. The topological polar surface area (TPSA) is 104 Å². The van der Waals surface area contributed by atoms with Crippen LogP contribution in [0.2, 0.25) is 0 Å². The standard InChI is InChI=1S/C9H19NO5S/c1-9(2,4-5-11)7-10-16(14,15)6-3-8(12)13/h10-11H,3-7H2,1-2H3,(H,12,13). The van der Waals surface area contributed by atoms with Crippen LogP contribution in [0.4, 0.5) is 0 Å². The van der Waals surface area contributed by atoms with Gasteiger partial charge in [-0.1, -0.05) is 13.8 Å². The van der Waals surface area contributed by atoms with Crippen LogP contribution in [0.25, 0.3) is 0 Å². The van der Waals surface area contributed by atoms with Gasteiger partial charge in [0.15, 0.2) is 0 Å². The molecule has 0 spiro atoms. The average molecular weight is 253 g/mol. The first-order valence-corrected chi connectivity index (χ1v) is 6.64. The van der Waals surface area contributed by atoms with E-state index in [2.05, 4.69) is 4.72 Å². The molecular weight excluding hydrogens is 234 g/mol. The SMILES string of the molecule is CC(C)(CCO)CNS(=O)(=O)CCC(=O)O. The summed E-state index contributed by atoms with van der Waals surface area (Å²) in [5.41, 5.74) is -0.342.